The standard InChI is InChI=1S/C10H11IO3/c1-7(12)6-14-10-5-8(13-2)3-4-9(10)11/h3-5H,6H2,1-2H3. The molecule has 0 unspecified atom stereocenters. The summed E-state index contributed by atoms with van der Waals surface area (Å²) in [6, 6.07) is 5.50. The highest BCUT2D eigenvalue weighted by Crippen LogP contribution is 2.25. The van der Waals surface area contributed by atoms with Gasteiger partial charge in [-0.1, -0.05) is 0 Å². The first kappa shape index (κ1) is 11.3. The molecule has 0 aromatic heterocycles. The largest absolute Gasteiger partial charge is 0.497 e. The van der Waals surface area contributed by atoms with E-state index in [4.69, 9.17) is 9.47 Å². The molecule has 4 heteroatoms. The molecule has 0 aliphatic carbocycles. The van der Waals surface area contributed by atoms with E-state index in [-0.39, 0.29) is 12.4 Å². The Morgan fingerprint density at radius 1 is 1.50 bits per heavy atom. The summed E-state index contributed by atoms with van der Waals surface area (Å²) in [5.41, 5.74) is 0. The van der Waals surface area contributed by atoms with E-state index >= 15 is 0 Å². The zero-order valence-corrected chi connectivity index (χ0v) is 10.2. The lowest BCUT2D eigenvalue weighted by Crippen LogP contribution is -2.07. The third-order valence-corrected chi connectivity index (χ3v) is 2.46. The normalized spacial score (nSPS) is 9.64. The van der Waals surface area contributed by atoms with Gasteiger partial charge >= 0.3 is 0 Å². The van der Waals surface area contributed by atoms with Crippen LogP contribution in [0.4, 0.5) is 0 Å². The SMILES string of the molecule is COc1ccc(I)c(OCC(C)=O)c1. The molecule has 0 amide bonds. The molecule has 1 aromatic rings. The molecule has 0 spiro atoms. The van der Waals surface area contributed by atoms with Gasteiger partial charge in [0.25, 0.3) is 0 Å². The highest BCUT2D eigenvalue weighted by Gasteiger charge is 2.04. The minimum atomic E-state index is 0.00335. The van der Waals surface area contributed by atoms with E-state index in [2.05, 4.69) is 22.6 Å². The zero-order chi connectivity index (χ0) is 10.6. The first-order chi connectivity index (χ1) is 6.63. The fourth-order valence-electron chi connectivity index (χ4n) is 0.901. The number of hydrogen-bond donors (Lipinski definition) is 0. The van der Waals surface area contributed by atoms with Crippen molar-refractivity contribution in [1.82, 2.24) is 0 Å². The van der Waals surface area contributed by atoms with Gasteiger partial charge in [0.15, 0.2) is 5.78 Å². The van der Waals surface area contributed by atoms with Gasteiger partial charge in [0.2, 0.25) is 0 Å². The van der Waals surface area contributed by atoms with Crippen molar-refractivity contribution in [2.75, 3.05) is 13.7 Å². The molecule has 0 heterocycles. The molecule has 0 fully saturated rings. The van der Waals surface area contributed by atoms with Crippen molar-refractivity contribution in [3.63, 3.8) is 0 Å². The number of ether oxygens (including phenoxy) is 2. The smallest absolute Gasteiger partial charge is 0.167 e. The minimum absolute atomic E-state index is 0.00335. The minimum Gasteiger partial charge on any atom is -0.497 e. The number of benzene rings is 1. The maximum absolute atomic E-state index is 10.7. The topological polar surface area (TPSA) is 35.5 Å². The molecule has 0 saturated carbocycles. The zero-order valence-electron chi connectivity index (χ0n) is 8.04. The van der Waals surface area contributed by atoms with Crippen LogP contribution in [0.1, 0.15) is 6.92 Å². The predicted octanol–water partition coefficient (Wildman–Crippen LogP) is 2.27. The lowest BCUT2D eigenvalue weighted by atomic mass is 10.3. The quantitative estimate of drug-likeness (QED) is 0.801. The number of carbonyl (C=O) groups excluding carboxylic acids is 1. The number of carbonyl (C=O) groups is 1. The Kier molecular flexibility index (Phi) is 4.19. The van der Waals surface area contributed by atoms with Crippen molar-refractivity contribution in [1.29, 1.82) is 0 Å². The third kappa shape index (κ3) is 3.17. The van der Waals surface area contributed by atoms with E-state index < -0.39 is 0 Å². The Labute approximate surface area is 96.5 Å². The Balaban J connectivity index is 2.78. The predicted molar refractivity (Wildman–Crippen MR) is 61.9 cm³/mol. The van der Waals surface area contributed by atoms with Crippen LogP contribution < -0.4 is 9.47 Å². The van der Waals surface area contributed by atoms with E-state index in [9.17, 15) is 4.79 Å². The van der Waals surface area contributed by atoms with Crippen molar-refractivity contribution in [2.45, 2.75) is 6.92 Å². The fraction of sp³-hybridized carbons (Fsp3) is 0.300. The lowest BCUT2D eigenvalue weighted by molar-refractivity contribution is -0.118. The first-order valence-electron chi connectivity index (χ1n) is 4.09. The van der Waals surface area contributed by atoms with Crippen LogP contribution in [0.5, 0.6) is 11.5 Å². The van der Waals surface area contributed by atoms with E-state index in [0.717, 1.165) is 9.32 Å². The summed E-state index contributed by atoms with van der Waals surface area (Å²) in [6.45, 7) is 1.59. The van der Waals surface area contributed by atoms with Crippen LogP contribution in [0, 0.1) is 3.57 Å². The Bertz CT molecular complexity index is 336. The van der Waals surface area contributed by atoms with Crippen molar-refractivity contribution < 1.29 is 14.3 Å². The molecule has 0 radical (unpaired) electrons. The average Bonchev–Trinajstić information content (AvgIpc) is 2.16. The van der Waals surface area contributed by atoms with Crippen LogP contribution in [-0.4, -0.2) is 19.5 Å². The number of Topliss-reactive ketones (excluding diaryl/α,β-unsaturated/α-hetero) is 1. The Morgan fingerprint density at radius 3 is 2.79 bits per heavy atom. The molecule has 76 valence electrons. The van der Waals surface area contributed by atoms with Gasteiger partial charge in [-0.15, -0.1) is 0 Å². The van der Waals surface area contributed by atoms with Crippen LogP contribution in [0.15, 0.2) is 18.2 Å². The maximum atomic E-state index is 10.7. The monoisotopic (exact) mass is 306 g/mol. The second-order valence-corrected chi connectivity index (χ2v) is 3.95. The van der Waals surface area contributed by atoms with Crippen LogP contribution in [0.3, 0.4) is 0 Å². The Morgan fingerprint density at radius 2 is 2.21 bits per heavy atom. The molecule has 1 rings (SSSR count). The van der Waals surface area contributed by atoms with Crippen molar-refractivity contribution in [2.24, 2.45) is 0 Å². The van der Waals surface area contributed by atoms with Gasteiger partial charge in [-0.25, -0.2) is 0 Å². The summed E-state index contributed by atoms with van der Waals surface area (Å²) >= 11 is 2.15. The van der Waals surface area contributed by atoms with Gasteiger partial charge in [-0.2, -0.15) is 0 Å². The second kappa shape index (κ2) is 5.19. The van der Waals surface area contributed by atoms with Gasteiger partial charge in [0.1, 0.15) is 18.1 Å². The molecular formula is C10H11IO3. The lowest BCUT2D eigenvalue weighted by Gasteiger charge is -2.07. The third-order valence-electron chi connectivity index (χ3n) is 1.57. The molecule has 0 aliphatic rings. The summed E-state index contributed by atoms with van der Waals surface area (Å²) in [5, 5.41) is 0. The second-order valence-electron chi connectivity index (χ2n) is 2.79. The number of ketones is 1. The molecule has 0 atom stereocenters. The molecule has 0 bridgehead atoms. The van der Waals surface area contributed by atoms with Crippen LogP contribution in [0.2, 0.25) is 0 Å². The van der Waals surface area contributed by atoms with Crippen LogP contribution in [-0.2, 0) is 4.79 Å². The van der Waals surface area contributed by atoms with Gasteiger partial charge in [-0.05, 0) is 41.6 Å². The number of rotatable bonds is 4. The number of halogens is 1. The number of methoxy groups -OCH3 is 1. The summed E-state index contributed by atoms with van der Waals surface area (Å²) in [6.07, 6.45) is 0. The summed E-state index contributed by atoms with van der Waals surface area (Å²) < 4.78 is 11.3. The maximum Gasteiger partial charge on any atom is 0.167 e. The van der Waals surface area contributed by atoms with Crippen LogP contribution in [0.25, 0.3) is 0 Å². The average molecular weight is 306 g/mol. The highest BCUT2D eigenvalue weighted by atomic mass is 127. The number of hydrogen-bond acceptors (Lipinski definition) is 3. The summed E-state index contributed by atoms with van der Waals surface area (Å²) in [7, 11) is 1.59. The summed E-state index contributed by atoms with van der Waals surface area (Å²) in [4.78, 5) is 10.7. The van der Waals surface area contributed by atoms with Gasteiger partial charge in [0.05, 0.1) is 10.7 Å². The van der Waals surface area contributed by atoms with E-state index in [1.165, 1.54) is 6.92 Å². The van der Waals surface area contributed by atoms with Gasteiger partial charge in [-0.3, -0.25) is 4.79 Å². The van der Waals surface area contributed by atoms with Crippen molar-refractivity contribution >= 4 is 28.4 Å². The fourth-order valence-corrected chi connectivity index (χ4v) is 1.39. The molecule has 0 aliphatic heterocycles. The molecule has 14 heavy (non-hydrogen) atoms. The van der Waals surface area contributed by atoms with Crippen LogP contribution >= 0.6 is 22.6 Å². The molecular weight excluding hydrogens is 295 g/mol. The van der Waals surface area contributed by atoms with E-state index in [0.29, 0.717) is 5.75 Å². The van der Waals surface area contributed by atoms with Crippen molar-refractivity contribution in [3.8, 4) is 11.5 Å². The van der Waals surface area contributed by atoms with Gasteiger partial charge < -0.3 is 9.47 Å². The van der Waals surface area contributed by atoms with Gasteiger partial charge in [0, 0.05) is 6.07 Å². The summed E-state index contributed by atoms with van der Waals surface area (Å²) in [5.74, 6) is 1.41. The first-order valence-corrected chi connectivity index (χ1v) is 5.17. The molecule has 0 N–H and O–H groups in total. The van der Waals surface area contributed by atoms with E-state index in [1.54, 1.807) is 13.2 Å². The van der Waals surface area contributed by atoms with E-state index in [1.807, 2.05) is 12.1 Å². The molecule has 1 aromatic carbocycles. The molecule has 3 nitrogen and oxygen atoms in total. The van der Waals surface area contributed by atoms with Crippen molar-refractivity contribution in [3.05, 3.63) is 21.8 Å². The Hall–Kier alpha value is -0.780. The highest BCUT2D eigenvalue weighted by molar-refractivity contribution is 14.1. The molecule has 0 saturated heterocycles.